The topological polar surface area (TPSA) is 63.2 Å². The summed E-state index contributed by atoms with van der Waals surface area (Å²) in [6.45, 7) is 5.08. The molecule has 2 N–H and O–H groups in total. The van der Waals surface area contributed by atoms with Crippen LogP contribution in [0.4, 0.5) is 11.4 Å². The van der Waals surface area contributed by atoms with Crippen LogP contribution in [0.3, 0.4) is 0 Å². The Morgan fingerprint density at radius 1 is 1.23 bits per heavy atom. The quantitative estimate of drug-likeness (QED) is 0.805. The lowest BCUT2D eigenvalue weighted by atomic mass is 10.1. The van der Waals surface area contributed by atoms with E-state index in [0.29, 0.717) is 18.8 Å². The zero-order valence-corrected chi connectivity index (χ0v) is 13.1. The Morgan fingerprint density at radius 3 is 2.68 bits per heavy atom. The second kappa shape index (κ2) is 7.56. The third-order valence-electron chi connectivity index (χ3n) is 3.25. The first-order valence-electron chi connectivity index (χ1n) is 7.17. The van der Waals surface area contributed by atoms with Gasteiger partial charge in [-0.25, -0.2) is 4.98 Å². The summed E-state index contributed by atoms with van der Waals surface area (Å²) in [6.07, 6.45) is 1.66. The van der Waals surface area contributed by atoms with E-state index in [1.807, 2.05) is 12.1 Å². The van der Waals surface area contributed by atoms with Gasteiger partial charge in [-0.2, -0.15) is 0 Å². The predicted molar refractivity (Wildman–Crippen MR) is 87.6 cm³/mol. The Morgan fingerprint density at radius 2 is 2.05 bits per heavy atom. The van der Waals surface area contributed by atoms with Crippen molar-refractivity contribution in [2.45, 2.75) is 13.8 Å². The summed E-state index contributed by atoms with van der Waals surface area (Å²) in [4.78, 5) is 16.0. The fourth-order valence-corrected chi connectivity index (χ4v) is 2.07. The number of amides is 1. The van der Waals surface area contributed by atoms with Crippen LogP contribution in [0.2, 0.25) is 0 Å². The summed E-state index contributed by atoms with van der Waals surface area (Å²) in [7, 11) is 1.60. The zero-order valence-electron chi connectivity index (χ0n) is 13.1. The van der Waals surface area contributed by atoms with Gasteiger partial charge in [0.25, 0.3) is 5.91 Å². The maximum Gasteiger partial charge on any atom is 0.269 e. The molecule has 116 valence electrons. The van der Waals surface area contributed by atoms with Crippen LogP contribution >= 0.6 is 0 Å². The number of methoxy groups -OCH3 is 1. The van der Waals surface area contributed by atoms with E-state index in [4.69, 9.17) is 4.74 Å². The summed E-state index contributed by atoms with van der Waals surface area (Å²) in [5, 5.41) is 6.04. The average Bonchev–Trinajstić information content (AvgIpc) is 2.51. The van der Waals surface area contributed by atoms with Crippen molar-refractivity contribution < 1.29 is 9.53 Å². The lowest BCUT2D eigenvalue weighted by molar-refractivity contribution is 0.0932. The van der Waals surface area contributed by atoms with Crippen molar-refractivity contribution >= 4 is 17.3 Å². The molecule has 1 aromatic heterocycles. The fourth-order valence-electron chi connectivity index (χ4n) is 2.07. The molecule has 2 rings (SSSR count). The van der Waals surface area contributed by atoms with Gasteiger partial charge in [-0.1, -0.05) is 17.7 Å². The summed E-state index contributed by atoms with van der Waals surface area (Å²) in [5.74, 6) is -0.199. The minimum atomic E-state index is -0.199. The molecule has 0 aliphatic heterocycles. The van der Waals surface area contributed by atoms with Crippen LogP contribution in [0.15, 0.2) is 36.5 Å². The van der Waals surface area contributed by atoms with Crippen molar-refractivity contribution in [3.05, 3.63) is 53.3 Å². The van der Waals surface area contributed by atoms with E-state index in [9.17, 15) is 4.79 Å². The Hall–Kier alpha value is -2.40. The number of aromatic nitrogens is 1. The molecule has 0 saturated heterocycles. The molecule has 0 aliphatic carbocycles. The van der Waals surface area contributed by atoms with Gasteiger partial charge in [-0.05, 0) is 37.6 Å². The van der Waals surface area contributed by atoms with E-state index in [2.05, 4.69) is 41.6 Å². The Balaban J connectivity index is 2.01. The first kappa shape index (κ1) is 16.0. The molecule has 2 aromatic rings. The van der Waals surface area contributed by atoms with Crippen LogP contribution in [0.5, 0.6) is 0 Å². The maximum absolute atomic E-state index is 11.8. The monoisotopic (exact) mass is 299 g/mol. The molecule has 0 aliphatic rings. The Labute approximate surface area is 130 Å². The van der Waals surface area contributed by atoms with Gasteiger partial charge in [-0.3, -0.25) is 4.79 Å². The van der Waals surface area contributed by atoms with Crippen molar-refractivity contribution in [1.29, 1.82) is 0 Å². The van der Waals surface area contributed by atoms with Gasteiger partial charge in [0.05, 0.1) is 18.5 Å². The SMILES string of the molecule is COCCNC(=O)c1ccc(Nc2ccc(C)cc2C)cn1. The van der Waals surface area contributed by atoms with E-state index >= 15 is 0 Å². The maximum atomic E-state index is 11.8. The number of carbonyl (C=O) groups is 1. The Kier molecular flexibility index (Phi) is 5.49. The van der Waals surface area contributed by atoms with E-state index in [1.165, 1.54) is 11.1 Å². The molecule has 0 bridgehead atoms. The number of hydrogen-bond donors (Lipinski definition) is 2. The summed E-state index contributed by atoms with van der Waals surface area (Å²) in [5.41, 5.74) is 4.66. The normalized spacial score (nSPS) is 10.3. The van der Waals surface area contributed by atoms with E-state index in [0.717, 1.165) is 11.4 Å². The van der Waals surface area contributed by atoms with Crippen molar-refractivity contribution in [1.82, 2.24) is 10.3 Å². The number of nitrogens with one attached hydrogen (secondary N) is 2. The van der Waals surface area contributed by atoms with Crippen molar-refractivity contribution in [2.75, 3.05) is 25.6 Å². The molecule has 0 fully saturated rings. The highest BCUT2D eigenvalue weighted by atomic mass is 16.5. The lowest BCUT2D eigenvalue weighted by Gasteiger charge is -2.10. The number of pyridine rings is 1. The number of benzene rings is 1. The molecule has 1 aromatic carbocycles. The van der Waals surface area contributed by atoms with E-state index in [-0.39, 0.29) is 5.91 Å². The van der Waals surface area contributed by atoms with Crippen LogP contribution in [-0.2, 0) is 4.74 Å². The number of aryl methyl sites for hydroxylation is 2. The highest BCUT2D eigenvalue weighted by Crippen LogP contribution is 2.21. The summed E-state index contributed by atoms with van der Waals surface area (Å²) < 4.78 is 4.89. The third kappa shape index (κ3) is 4.30. The van der Waals surface area contributed by atoms with Gasteiger partial charge in [-0.15, -0.1) is 0 Å². The van der Waals surface area contributed by atoms with E-state index < -0.39 is 0 Å². The van der Waals surface area contributed by atoms with Crippen LogP contribution < -0.4 is 10.6 Å². The first-order chi connectivity index (χ1) is 10.6. The molecule has 22 heavy (non-hydrogen) atoms. The van der Waals surface area contributed by atoms with Crippen LogP contribution in [0.25, 0.3) is 0 Å². The standard InChI is InChI=1S/C17H21N3O2/c1-12-4-6-15(13(2)10-12)20-14-5-7-16(19-11-14)17(21)18-8-9-22-3/h4-7,10-11,20H,8-9H2,1-3H3,(H,18,21). The number of hydrogen-bond acceptors (Lipinski definition) is 4. The minimum absolute atomic E-state index is 0.199. The molecule has 0 atom stereocenters. The first-order valence-corrected chi connectivity index (χ1v) is 7.17. The number of rotatable bonds is 6. The second-order valence-electron chi connectivity index (χ2n) is 5.12. The van der Waals surface area contributed by atoms with Crippen LogP contribution in [0, 0.1) is 13.8 Å². The third-order valence-corrected chi connectivity index (χ3v) is 3.25. The highest BCUT2D eigenvalue weighted by molar-refractivity contribution is 5.92. The average molecular weight is 299 g/mol. The van der Waals surface area contributed by atoms with Crippen LogP contribution in [-0.4, -0.2) is 31.2 Å². The molecular weight excluding hydrogens is 278 g/mol. The Bertz CT molecular complexity index is 639. The van der Waals surface area contributed by atoms with Gasteiger partial charge in [0.2, 0.25) is 0 Å². The zero-order chi connectivity index (χ0) is 15.9. The number of carbonyl (C=O) groups excluding carboxylic acids is 1. The predicted octanol–water partition coefficient (Wildman–Crippen LogP) is 2.82. The fraction of sp³-hybridized carbons (Fsp3) is 0.294. The van der Waals surface area contributed by atoms with Gasteiger partial charge < -0.3 is 15.4 Å². The molecule has 0 spiro atoms. The van der Waals surface area contributed by atoms with Crippen molar-refractivity contribution in [3.8, 4) is 0 Å². The largest absolute Gasteiger partial charge is 0.383 e. The molecule has 5 nitrogen and oxygen atoms in total. The molecule has 0 radical (unpaired) electrons. The van der Waals surface area contributed by atoms with Gasteiger partial charge >= 0.3 is 0 Å². The van der Waals surface area contributed by atoms with Crippen LogP contribution in [0.1, 0.15) is 21.6 Å². The van der Waals surface area contributed by atoms with Gasteiger partial charge in [0.1, 0.15) is 5.69 Å². The lowest BCUT2D eigenvalue weighted by Crippen LogP contribution is -2.27. The molecule has 5 heteroatoms. The summed E-state index contributed by atoms with van der Waals surface area (Å²) >= 11 is 0. The van der Waals surface area contributed by atoms with Crippen molar-refractivity contribution in [3.63, 3.8) is 0 Å². The second-order valence-corrected chi connectivity index (χ2v) is 5.12. The molecule has 1 amide bonds. The molecular formula is C17H21N3O2. The smallest absolute Gasteiger partial charge is 0.269 e. The van der Waals surface area contributed by atoms with E-state index in [1.54, 1.807) is 19.4 Å². The van der Waals surface area contributed by atoms with Crippen molar-refractivity contribution in [2.24, 2.45) is 0 Å². The molecule has 1 heterocycles. The van der Waals surface area contributed by atoms with Gasteiger partial charge in [0.15, 0.2) is 0 Å². The minimum Gasteiger partial charge on any atom is -0.383 e. The summed E-state index contributed by atoms with van der Waals surface area (Å²) in [6, 6.07) is 9.76. The van der Waals surface area contributed by atoms with Gasteiger partial charge in [0, 0.05) is 19.3 Å². The number of anilines is 2. The molecule has 0 saturated carbocycles. The molecule has 0 unspecified atom stereocenters. The highest BCUT2D eigenvalue weighted by Gasteiger charge is 2.06. The number of nitrogens with zero attached hydrogens (tertiary/aromatic N) is 1. The number of ether oxygens (including phenoxy) is 1.